The van der Waals surface area contributed by atoms with E-state index < -0.39 is 0 Å². The van der Waals surface area contributed by atoms with Crippen molar-refractivity contribution in [2.75, 3.05) is 12.4 Å². The largest absolute Gasteiger partial charge is 0.373 e. The standard InChI is InChI=1S/C12H15N5OS/c1-13-10-8(3-2-6-14-10)7-19-12-16-15-11(18)17(12)9-4-5-9/h2-3,6,9H,4-5,7H2,1H3,(H,13,14)(H,15,18). The molecule has 2 N–H and O–H groups in total. The Morgan fingerprint density at radius 1 is 1.58 bits per heavy atom. The first-order valence-corrected chi connectivity index (χ1v) is 7.19. The summed E-state index contributed by atoms with van der Waals surface area (Å²) in [4.78, 5) is 15.9. The van der Waals surface area contributed by atoms with Gasteiger partial charge in [-0.05, 0) is 18.9 Å². The fourth-order valence-corrected chi connectivity index (χ4v) is 2.97. The number of nitrogens with zero attached hydrogens (tertiary/aromatic N) is 3. The number of rotatable bonds is 5. The molecule has 2 aromatic heterocycles. The Morgan fingerprint density at radius 3 is 3.16 bits per heavy atom. The molecule has 3 rings (SSSR count). The number of aromatic nitrogens is 4. The molecule has 0 atom stereocenters. The first kappa shape index (κ1) is 12.3. The minimum absolute atomic E-state index is 0.106. The molecule has 2 heterocycles. The molecule has 1 saturated carbocycles. The molecule has 6 nitrogen and oxygen atoms in total. The summed E-state index contributed by atoms with van der Waals surface area (Å²) in [6.45, 7) is 0. The van der Waals surface area contributed by atoms with E-state index in [9.17, 15) is 4.79 Å². The van der Waals surface area contributed by atoms with Crippen molar-refractivity contribution in [3.8, 4) is 0 Å². The van der Waals surface area contributed by atoms with Crippen LogP contribution in [-0.4, -0.2) is 26.8 Å². The van der Waals surface area contributed by atoms with Crippen molar-refractivity contribution in [2.24, 2.45) is 0 Å². The molecule has 0 amide bonds. The van der Waals surface area contributed by atoms with Crippen molar-refractivity contribution in [2.45, 2.75) is 29.8 Å². The van der Waals surface area contributed by atoms with Crippen LogP contribution in [0.1, 0.15) is 24.4 Å². The highest BCUT2D eigenvalue weighted by molar-refractivity contribution is 7.98. The molecule has 1 aliphatic carbocycles. The number of thioether (sulfide) groups is 1. The third-order valence-corrected chi connectivity index (χ3v) is 4.07. The van der Waals surface area contributed by atoms with Gasteiger partial charge in [-0.2, -0.15) is 0 Å². The highest BCUT2D eigenvalue weighted by Crippen LogP contribution is 2.36. The maximum absolute atomic E-state index is 11.7. The van der Waals surface area contributed by atoms with E-state index in [1.165, 1.54) is 0 Å². The molecule has 0 aliphatic heterocycles. The molecule has 1 aliphatic rings. The van der Waals surface area contributed by atoms with Gasteiger partial charge in [0.1, 0.15) is 5.82 Å². The van der Waals surface area contributed by atoms with Gasteiger partial charge in [-0.3, -0.25) is 4.57 Å². The SMILES string of the molecule is CNc1ncccc1CSc1n[nH]c(=O)n1C1CC1. The summed E-state index contributed by atoms with van der Waals surface area (Å²) in [5, 5.41) is 10.5. The maximum atomic E-state index is 11.7. The quantitative estimate of drug-likeness (QED) is 0.813. The van der Waals surface area contributed by atoms with Gasteiger partial charge in [0.05, 0.1) is 0 Å². The van der Waals surface area contributed by atoms with Gasteiger partial charge in [-0.1, -0.05) is 17.8 Å². The number of aromatic amines is 1. The van der Waals surface area contributed by atoms with Gasteiger partial charge in [-0.15, -0.1) is 5.10 Å². The highest BCUT2D eigenvalue weighted by atomic mass is 32.2. The van der Waals surface area contributed by atoms with Crippen LogP contribution in [0.2, 0.25) is 0 Å². The molecule has 0 radical (unpaired) electrons. The minimum Gasteiger partial charge on any atom is -0.373 e. The molecule has 2 aromatic rings. The molecular weight excluding hydrogens is 262 g/mol. The second-order valence-corrected chi connectivity index (χ2v) is 5.40. The Kier molecular flexibility index (Phi) is 3.29. The molecule has 7 heteroatoms. The highest BCUT2D eigenvalue weighted by Gasteiger charge is 2.28. The Balaban J connectivity index is 1.77. The zero-order valence-corrected chi connectivity index (χ0v) is 11.4. The van der Waals surface area contributed by atoms with Crippen LogP contribution < -0.4 is 11.0 Å². The summed E-state index contributed by atoms with van der Waals surface area (Å²) in [7, 11) is 1.85. The van der Waals surface area contributed by atoms with Crippen molar-refractivity contribution in [1.82, 2.24) is 19.7 Å². The third kappa shape index (κ3) is 2.51. The molecule has 19 heavy (non-hydrogen) atoms. The normalized spacial score (nSPS) is 14.6. The van der Waals surface area contributed by atoms with E-state index in [1.807, 2.05) is 19.2 Å². The van der Waals surface area contributed by atoms with Gasteiger partial charge in [0, 0.05) is 30.6 Å². The molecular formula is C12H15N5OS. The molecule has 0 unspecified atom stereocenters. The van der Waals surface area contributed by atoms with Gasteiger partial charge >= 0.3 is 5.69 Å². The van der Waals surface area contributed by atoms with Crippen molar-refractivity contribution >= 4 is 17.6 Å². The molecule has 0 saturated heterocycles. The van der Waals surface area contributed by atoms with E-state index in [4.69, 9.17) is 0 Å². The van der Waals surface area contributed by atoms with Crippen LogP contribution in [0.15, 0.2) is 28.3 Å². The Morgan fingerprint density at radius 2 is 2.42 bits per heavy atom. The van der Waals surface area contributed by atoms with Crippen LogP contribution in [-0.2, 0) is 5.75 Å². The number of pyridine rings is 1. The summed E-state index contributed by atoms with van der Waals surface area (Å²) in [5.74, 6) is 1.60. The fourth-order valence-electron chi connectivity index (χ4n) is 1.97. The monoisotopic (exact) mass is 277 g/mol. The average molecular weight is 277 g/mol. The number of nitrogens with one attached hydrogen (secondary N) is 2. The van der Waals surface area contributed by atoms with Crippen LogP contribution >= 0.6 is 11.8 Å². The smallest absolute Gasteiger partial charge is 0.344 e. The number of H-pyrrole nitrogens is 1. The van der Waals surface area contributed by atoms with Gasteiger partial charge in [-0.25, -0.2) is 14.9 Å². The first-order valence-electron chi connectivity index (χ1n) is 6.21. The van der Waals surface area contributed by atoms with Crippen LogP contribution in [0.3, 0.4) is 0 Å². The van der Waals surface area contributed by atoms with Crippen molar-refractivity contribution < 1.29 is 0 Å². The van der Waals surface area contributed by atoms with Crippen LogP contribution in [0.25, 0.3) is 0 Å². The van der Waals surface area contributed by atoms with Crippen LogP contribution in [0, 0.1) is 0 Å². The van der Waals surface area contributed by atoms with Crippen molar-refractivity contribution in [3.05, 3.63) is 34.4 Å². The average Bonchev–Trinajstić information content (AvgIpc) is 3.20. The predicted molar refractivity (Wildman–Crippen MR) is 74.5 cm³/mol. The number of hydrogen-bond donors (Lipinski definition) is 2. The fraction of sp³-hybridized carbons (Fsp3) is 0.417. The Labute approximate surface area is 114 Å². The first-order chi connectivity index (χ1) is 9.29. The topological polar surface area (TPSA) is 75.6 Å². The van der Waals surface area contributed by atoms with Gasteiger partial charge in [0.2, 0.25) is 0 Å². The van der Waals surface area contributed by atoms with E-state index >= 15 is 0 Å². The van der Waals surface area contributed by atoms with Crippen molar-refractivity contribution in [1.29, 1.82) is 0 Å². The maximum Gasteiger partial charge on any atom is 0.344 e. The minimum atomic E-state index is -0.106. The lowest BCUT2D eigenvalue weighted by atomic mass is 10.3. The number of hydrogen-bond acceptors (Lipinski definition) is 5. The lowest BCUT2D eigenvalue weighted by Gasteiger charge is -2.07. The molecule has 1 fully saturated rings. The molecule has 0 bridgehead atoms. The molecule has 0 spiro atoms. The summed E-state index contributed by atoms with van der Waals surface area (Å²) >= 11 is 1.56. The summed E-state index contributed by atoms with van der Waals surface area (Å²) in [6.07, 6.45) is 3.90. The second-order valence-electron chi connectivity index (χ2n) is 4.46. The summed E-state index contributed by atoms with van der Waals surface area (Å²) in [6, 6.07) is 4.28. The van der Waals surface area contributed by atoms with E-state index in [2.05, 4.69) is 20.5 Å². The van der Waals surface area contributed by atoms with Crippen LogP contribution in [0.5, 0.6) is 0 Å². The van der Waals surface area contributed by atoms with Gasteiger partial charge in [0.25, 0.3) is 0 Å². The molecule has 100 valence electrons. The molecule has 0 aromatic carbocycles. The second kappa shape index (κ2) is 5.08. The Bertz CT molecular complexity index is 631. The van der Waals surface area contributed by atoms with E-state index in [1.54, 1.807) is 22.5 Å². The Hall–Kier alpha value is -1.76. The van der Waals surface area contributed by atoms with Gasteiger partial charge in [0.15, 0.2) is 5.16 Å². The zero-order chi connectivity index (χ0) is 13.2. The van der Waals surface area contributed by atoms with E-state index in [0.717, 1.165) is 35.1 Å². The van der Waals surface area contributed by atoms with E-state index in [0.29, 0.717) is 6.04 Å². The lowest BCUT2D eigenvalue weighted by Crippen LogP contribution is -2.16. The third-order valence-electron chi connectivity index (χ3n) is 3.07. The van der Waals surface area contributed by atoms with E-state index in [-0.39, 0.29) is 5.69 Å². The van der Waals surface area contributed by atoms with Crippen LogP contribution in [0.4, 0.5) is 5.82 Å². The zero-order valence-electron chi connectivity index (χ0n) is 10.6. The lowest BCUT2D eigenvalue weighted by molar-refractivity contribution is 0.642. The summed E-state index contributed by atoms with van der Waals surface area (Å²) in [5.41, 5.74) is 0.998. The predicted octanol–water partition coefficient (Wildman–Crippen LogP) is 1.64. The van der Waals surface area contributed by atoms with Crippen molar-refractivity contribution in [3.63, 3.8) is 0 Å². The number of anilines is 1. The van der Waals surface area contributed by atoms with Gasteiger partial charge < -0.3 is 5.32 Å². The summed E-state index contributed by atoms with van der Waals surface area (Å²) < 4.78 is 1.76.